The van der Waals surface area contributed by atoms with Gasteiger partial charge in [-0.15, -0.1) is 0 Å². The average Bonchev–Trinajstić information content (AvgIpc) is 2.11. The van der Waals surface area contributed by atoms with Gasteiger partial charge in [-0.25, -0.2) is 4.79 Å². The molecule has 0 bridgehead atoms. The molecule has 0 spiro atoms. The molecule has 2 aliphatic rings. The summed E-state index contributed by atoms with van der Waals surface area (Å²) < 4.78 is 0. The second-order valence-corrected chi connectivity index (χ2v) is 4.34. The van der Waals surface area contributed by atoms with Gasteiger partial charge in [0, 0.05) is 19.1 Å². The van der Waals surface area contributed by atoms with Gasteiger partial charge in [-0.1, -0.05) is 11.6 Å². The van der Waals surface area contributed by atoms with Crippen LogP contribution < -0.4 is 5.32 Å². The van der Waals surface area contributed by atoms with Gasteiger partial charge < -0.3 is 10.2 Å². The molecule has 0 atom stereocenters. The number of hydrogen-bond acceptors (Lipinski definition) is 1. The molecule has 0 aromatic rings. The number of urea groups is 1. The van der Waals surface area contributed by atoms with E-state index in [0.29, 0.717) is 6.04 Å². The van der Waals surface area contributed by atoms with Crippen LogP contribution in [-0.4, -0.2) is 30.1 Å². The molecule has 1 heterocycles. The molecule has 0 aromatic carbocycles. The van der Waals surface area contributed by atoms with Crippen LogP contribution in [0.5, 0.6) is 0 Å². The predicted molar refractivity (Wildman–Crippen MR) is 56.1 cm³/mol. The summed E-state index contributed by atoms with van der Waals surface area (Å²) in [7, 11) is 0. The molecule has 1 aliphatic carbocycles. The monoisotopic (exact) mass is 194 g/mol. The van der Waals surface area contributed by atoms with E-state index in [2.05, 4.69) is 18.3 Å². The topological polar surface area (TPSA) is 32.3 Å². The Labute approximate surface area is 85.2 Å². The van der Waals surface area contributed by atoms with Gasteiger partial charge in [-0.05, 0) is 32.6 Å². The lowest BCUT2D eigenvalue weighted by molar-refractivity contribution is 0.189. The number of hydrogen-bond donors (Lipinski definition) is 1. The van der Waals surface area contributed by atoms with Gasteiger partial charge >= 0.3 is 6.03 Å². The first-order chi connectivity index (χ1) is 6.75. The smallest absolute Gasteiger partial charge is 0.317 e. The molecule has 3 heteroatoms. The minimum absolute atomic E-state index is 0.127. The van der Waals surface area contributed by atoms with Gasteiger partial charge in [0.2, 0.25) is 0 Å². The van der Waals surface area contributed by atoms with E-state index in [0.717, 1.165) is 32.4 Å². The van der Waals surface area contributed by atoms with Crippen LogP contribution in [-0.2, 0) is 0 Å². The van der Waals surface area contributed by atoms with Crippen molar-refractivity contribution in [1.29, 1.82) is 0 Å². The van der Waals surface area contributed by atoms with E-state index in [1.54, 1.807) is 0 Å². The van der Waals surface area contributed by atoms with Crippen molar-refractivity contribution in [1.82, 2.24) is 10.2 Å². The molecule has 0 aromatic heterocycles. The summed E-state index contributed by atoms with van der Waals surface area (Å²) >= 11 is 0. The highest BCUT2D eigenvalue weighted by Crippen LogP contribution is 2.18. The fourth-order valence-corrected chi connectivity index (χ4v) is 1.90. The molecular formula is C11H18N2O. The summed E-state index contributed by atoms with van der Waals surface area (Å²) in [6, 6.07) is 0.580. The molecule has 0 radical (unpaired) electrons. The van der Waals surface area contributed by atoms with Crippen molar-refractivity contribution >= 4 is 6.03 Å². The number of nitrogens with one attached hydrogen (secondary N) is 1. The van der Waals surface area contributed by atoms with E-state index in [1.807, 2.05) is 4.90 Å². The van der Waals surface area contributed by atoms with Gasteiger partial charge in [-0.3, -0.25) is 0 Å². The summed E-state index contributed by atoms with van der Waals surface area (Å²) in [5, 5.41) is 3.07. The van der Waals surface area contributed by atoms with E-state index in [1.165, 1.54) is 12.0 Å². The van der Waals surface area contributed by atoms with Crippen molar-refractivity contribution in [2.45, 2.75) is 38.6 Å². The molecule has 2 amide bonds. The third kappa shape index (κ3) is 2.08. The van der Waals surface area contributed by atoms with E-state index in [-0.39, 0.29) is 6.03 Å². The van der Waals surface area contributed by atoms with Crippen LogP contribution >= 0.6 is 0 Å². The van der Waals surface area contributed by atoms with E-state index < -0.39 is 0 Å². The molecule has 1 aliphatic heterocycles. The lowest BCUT2D eigenvalue weighted by atomic mass is 9.93. The Morgan fingerprint density at radius 1 is 1.57 bits per heavy atom. The van der Waals surface area contributed by atoms with E-state index in [4.69, 9.17) is 0 Å². The summed E-state index contributed by atoms with van der Waals surface area (Å²) in [6.07, 6.45) is 6.81. The highest BCUT2D eigenvalue weighted by atomic mass is 16.2. The molecule has 2 rings (SSSR count). The van der Waals surface area contributed by atoms with Crippen molar-refractivity contribution in [2.24, 2.45) is 0 Å². The Balaban J connectivity index is 1.82. The number of rotatable bonds is 1. The summed E-state index contributed by atoms with van der Waals surface area (Å²) in [4.78, 5) is 13.6. The van der Waals surface area contributed by atoms with Gasteiger partial charge in [0.1, 0.15) is 0 Å². The Bertz CT molecular complexity index is 256. The minimum Gasteiger partial charge on any atom is -0.335 e. The summed E-state index contributed by atoms with van der Waals surface area (Å²) in [6.45, 7) is 3.76. The first-order valence-electron chi connectivity index (χ1n) is 5.47. The fourth-order valence-electron chi connectivity index (χ4n) is 1.90. The fraction of sp³-hybridized carbons (Fsp3) is 0.727. The average molecular weight is 194 g/mol. The van der Waals surface area contributed by atoms with Crippen LogP contribution in [0.15, 0.2) is 11.6 Å². The number of amides is 2. The van der Waals surface area contributed by atoms with Crippen molar-refractivity contribution in [3.8, 4) is 0 Å². The third-order valence-electron chi connectivity index (χ3n) is 3.05. The first kappa shape index (κ1) is 9.56. The van der Waals surface area contributed by atoms with Crippen LogP contribution in [0.25, 0.3) is 0 Å². The van der Waals surface area contributed by atoms with Crippen LogP contribution in [0.3, 0.4) is 0 Å². The number of carbonyl (C=O) groups is 1. The molecule has 3 nitrogen and oxygen atoms in total. The Kier molecular flexibility index (Phi) is 2.75. The zero-order valence-electron chi connectivity index (χ0n) is 8.75. The van der Waals surface area contributed by atoms with Crippen LogP contribution in [0.4, 0.5) is 4.79 Å². The molecular weight excluding hydrogens is 176 g/mol. The first-order valence-corrected chi connectivity index (χ1v) is 5.47. The lowest BCUT2D eigenvalue weighted by Gasteiger charge is -2.32. The summed E-state index contributed by atoms with van der Waals surface area (Å²) in [5.74, 6) is 0. The maximum absolute atomic E-state index is 11.7. The largest absolute Gasteiger partial charge is 0.335 e. The molecule has 78 valence electrons. The lowest BCUT2D eigenvalue weighted by Crippen LogP contribution is -2.48. The molecule has 1 fully saturated rings. The quantitative estimate of drug-likeness (QED) is 0.635. The van der Waals surface area contributed by atoms with E-state index >= 15 is 0 Å². The predicted octanol–water partition coefficient (Wildman–Crippen LogP) is 1.90. The van der Waals surface area contributed by atoms with Crippen LogP contribution in [0, 0.1) is 0 Å². The maximum atomic E-state index is 11.7. The summed E-state index contributed by atoms with van der Waals surface area (Å²) in [5.41, 5.74) is 1.31. The number of carbonyl (C=O) groups excluding carboxylic acids is 1. The van der Waals surface area contributed by atoms with Crippen molar-refractivity contribution in [2.75, 3.05) is 13.1 Å². The molecule has 0 saturated heterocycles. The Morgan fingerprint density at radius 2 is 2.36 bits per heavy atom. The van der Waals surface area contributed by atoms with Gasteiger partial charge in [0.05, 0.1) is 0 Å². The second kappa shape index (κ2) is 4.03. The maximum Gasteiger partial charge on any atom is 0.317 e. The van der Waals surface area contributed by atoms with Crippen molar-refractivity contribution < 1.29 is 4.79 Å². The van der Waals surface area contributed by atoms with Gasteiger partial charge in [-0.2, -0.15) is 0 Å². The van der Waals surface area contributed by atoms with Gasteiger partial charge in [0.25, 0.3) is 0 Å². The minimum atomic E-state index is 0.127. The van der Waals surface area contributed by atoms with Gasteiger partial charge in [0.15, 0.2) is 0 Å². The highest BCUT2D eigenvalue weighted by Gasteiger charge is 2.23. The van der Waals surface area contributed by atoms with Crippen molar-refractivity contribution in [3.63, 3.8) is 0 Å². The molecule has 1 saturated carbocycles. The second-order valence-electron chi connectivity index (χ2n) is 4.34. The molecule has 1 N–H and O–H groups in total. The highest BCUT2D eigenvalue weighted by molar-refractivity contribution is 5.75. The Morgan fingerprint density at radius 3 is 2.93 bits per heavy atom. The third-order valence-corrected chi connectivity index (χ3v) is 3.05. The molecule has 14 heavy (non-hydrogen) atoms. The number of nitrogens with zero attached hydrogens (tertiary/aromatic N) is 1. The Hall–Kier alpha value is -0.990. The van der Waals surface area contributed by atoms with E-state index in [9.17, 15) is 4.79 Å². The van der Waals surface area contributed by atoms with Crippen LogP contribution in [0.1, 0.15) is 32.6 Å². The SMILES string of the molecule is CC1=CCCN(C(=O)NC2CCC2)C1. The zero-order valence-corrected chi connectivity index (χ0v) is 8.75. The van der Waals surface area contributed by atoms with Crippen LogP contribution in [0.2, 0.25) is 0 Å². The van der Waals surface area contributed by atoms with Crippen molar-refractivity contribution in [3.05, 3.63) is 11.6 Å². The molecule has 0 unspecified atom stereocenters. The standard InChI is InChI=1S/C11H18N2O/c1-9-4-3-7-13(8-9)11(14)12-10-5-2-6-10/h4,10H,2-3,5-8H2,1H3,(H,12,14). The normalized spacial score (nSPS) is 22.6. The zero-order chi connectivity index (χ0) is 9.97.